The van der Waals surface area contributed by atoms with Gasteiger partial charge in [-0.3, -0.25) is 0 Å². The Labute approximate surface area is 155 Å². The van der Waals surface area contributed by atoms with Crippen LogP contribution in [0, 0.1) is 0 Å². The van der Waals surface area contributed by atoms with Gasteiger partial charge in [0.25, 0.3) is 0 Å². The van der Waals surface area contributed by atoms with Gasteiger partial charge in [-0.2, -0.15) is 4.73 Å². The van der Waals surface area contributed by atoms with Crippen molar-refractivity contribution in [2.24, 2.45) is 0 Å². The fourth-order valence-corrected chi connectivity index (χ4v) is 3.10. The van der Waals surface area contributed by atoms with Crippen molar-refractivity contribution < 1.29 is 19.1 Å². The number of carbonyl (C=O) groups excluding carboxylic acids is 1. The molecule has 2 aromatic heterocycles. The molecule has 0 aliphatic heterocycles. The number of nitrogens with zero attached hydrogens (tertiary/aromatic N) is 3. The Hall–Kier alpha value is -3.61. The average molecular weight is 363 g/mol. The maximum absolute atomic E-state index is 12.5. The third-order valence-corrected chi connectivity index (χ3v) is 4.37. The Balaban J connectivity index is 2.07. The minimum Gasteiger partial charge on any atom is -0.497 e. The number of para-hydroxylation sites is 1. The summed E-state index contributed by atoms with van der Waals surface area (Å²) in [7, 11) is 4.46. The molecule has 0 N–H and O–H groups in total. The van der Waals surface area contributed by atoms with E-state index in [-0.39, 0.29) is 5.69 Å². The first-order valence-electron chi connectivity index (χ1n) is 8.26. The summed E-state index contributed by atoms with van der Waals surface area (Å²) < 4.78 is 11.7. The lowest BCUT2D eigenvalue weighted by atomic mass is 10.1. The van der Waals surface area contributed by atoms with E-state index in [1.54, 1.807) is 11.8 Å². The van der Waals surface area contributed by atoms with Gasteiger partial charge in [0.15, 0.2) is 11.5 Å². The molecule has 0 spiro atoms. The van der Waals surface area contributed by atoms with E-state index in [0.717, 1.165) is 22.2 Å². The first-order chi connectivity index (χ1) is 13.2. The average Bonchev–Trinajstić information content (AvgIpc) is 3.06. The van der Waals surface area contributed by atoms with Crippen molar-refractivity contribution in [3.8, 4) is 17.1 Å². The van der Waals surface area contributed by atoms with E-state index in [0.29, 0.717) is 16.9 Å². The zero-order valence-corrected chi connectivity index (χ0v) is 15.1. The van der Waals surface area contributed by atoms with Crippen molar-refractivity contribution in [3.05, 3.63) is 54.2 Å². The van der Waals surface area contributed by atoms with Crippen LogP contribution in [-0.2, 0) is 4.74 Å². The molecule has 136 valence electrons. The number of fused-ring (bicyclic) bond motifs is 3. The van der Waals surface area contributed by atoms with Gasteiger partial charge in [0.05, 0.1) is 19.7 Å². The molecule has 2 aromatic carbocycles. The van der Waals surface area contributed by atoms with Crippen molar-refractivity contribution in [2.75, 3.05) is 21.3 Å². The summed E-state index contributed by atoms with van der Waals surface area (Å²) in [5, 5.41) is 0.858. The fourth-order valence-electron chi connectivity index (χ4n) is 3.10. The summed E-state index contributed by atoms with van der Waals surface area (Å²) in [5.74, 6) is 0.590. The molecule has 7 nitrogen and oxygen atoms in total. The summed E-state index contributed by atoms with van der Waals surface area (Å²) in [6.07, 6.45) is 0. The molecule has 0 amide bonds. The zero-order valence-electron chi connectivity index (χ0n) is 15.1. The van der Waals surface area contributed by atoms with Gasteiger partial charge in [0.2, 0.25) is 0 Å². The van der Waals surface area contributed by atoms with Crippen LogP contribution < -0.4 is 9.57 Å². The van der Waals surface area contributed by atoms with Crippen LogP contribution in [0.25, 0.3) is 33.3 Å². The van der Waals surface area contributed by atoms with Gasteiger partial charge < -0.3 is 14.3 Å². The van der Waals surface area contributed by atoms with Crippen molar-refractivity contribution in [1.29, 1.82) is 0 Å². The summed E-state index contributed by atoms with van der Waals surface area (Å²) in [4.78, 5) is 27.1. The Morgan fingerprint density at radius 2 is 1.70 bits per heavy atom. The predicted molar refractivity (Wildman–Crippen MR) is 101 cm³/mol. The van der Waals surface area contributed by atoms with Crippen LogP contribution >= 0.6 is 0 Å². The van der Waals surface area contributed by atoms with Gasteiger partial charge >= 0.3 is 5.97 Å². The highest BCUT2D eigenvalue weighted by molar-refractivity contribution is 6.12. The number of ether oxygens (including phenoxy) is 2. The Kier molecular flexibility index (Phi) is 4.12. The molecule has 0 radical (unpaired) electrons. The summed E-state index contributed by atoms with van der Waals surface area (Å²) in [6.45, 7) is 0. The van der Waals surface area contributed by atoms with Gasteiger partial charge in [0.1, 0.15) is 23.9 Å². The standard InChI is InChI=1S/C20H17N3O4/c1-25-13-10-8-12(9-11-13)19-21-16-14-6-4-5-7-15(14)23(27-3)18(16)17(22-19)20(24)26-2/h4-11H,1-3H3. The summed E-state index contributed by atoms with van der Waals surface area (Å²) in [6, 6.07) is 15.0. The van der Waals surface area contributed by atoms with Crippen molar-refractivity contribution in [3.63, 3.8) is 0 Å². The van der Waals surface area contributed by atoms with Gasteiger partial charge in [-0.05, 0) is 30.3 Å². The molecule has 0 atom stereocenters. The van der Waals surface area contributed by atoms with Crippen molar-refractivity contribution >= 4 is 27.9 Å². The molecule has 0 saturated heterocycles. The number of carbonyl (C=O) groups is 1. The number of hydrogen-bond donors (Lipinski definition) is 0. The van der Waals surface area contributed by atoms with E-state index < -0.39 is 5.97 Å². The maximum Gasteiger partial charge on any atom is 0.359 e. The quantitative estimate of drug-likeness (QED) is 0.519. The molecule has 27 heavy (non-hydrogen) atoms. The largest absolute Gasteiger partial charge is 0.497 e. The molecule has 0 bridgehead atoms. The number of hydrogen-bond acceptors (Lipinski definition) is 6. The second kappa shape index (κ2) is 6.60. The number of esters is 1. The van der Waals surface area contributed by atoms with Crippen molar-refractivity contribution in [1.82, 2.24) is 14.7 Å². The first-order valence-corrected chi connectivity index (χ1v) is 8.26. The van der Waals surface area contributed by atoms with E-state index in [1.165, 1.54) is 14.2 Å². The maximum atomic E-state index is 12.5. The second-order valence-corrected chi connectivity index (χ2v) is 5.81. The minimum absolute atomic E-state index is 0.145. The van der Waals surface area contributed by atoms with Crippen LogP contribution in [0.3, 0.4) is 0 Å². The highest BCUT2D eigenvalue weighted by Crippen LogP contribution is 2.31. The van der Waals surface area contributed by atoms with Gasteiger partial charge in [-0.25, -0.2) is 14.8 Å². The van der Waals surface area contributed by atoms with Crippen LogP contribution in [0.5, 0.6) is 5.75 Å². The number of methoxy groups -OCH3 is 2. The molecule has 0 aliphatic rings. The smallest absolute Gasteiger partial charge is 0.359 e. The van der Waals surface area contributed by atoms with Crippen LogP contribution in [0.2, 0.25) is 0 Å². The minimum atomic E-state index is -0.557. The highest BCUT2D eigenvalue weighted by atomic mass is 16.6. The normalized spacial score (nSPS) is 10.9. The third kappa shape index (κ3) is 2.64. The van der Waals surface area contributed by atoms with E-state index in [2.05, 4.69) is 4.98 Å². The number of rotatable bonds is 4. The SMILES string of the molecule is COC(=O)c1nc(-c2ccc(OC)cc2)nc2c3ccccc3n(OC)c12. The van der Waals surface area contributed by atoms with E-state index >= 15 is 0 Å². The third-order valence-electron chi connectivity index (χ3n) is 4.37. The molecule has 0 unspecified atom stereocenters. The van der Waals surface area contributed by atoms with Crippen LogP contribution in [0.15, 0.2) is 48.5 Å². The Morgan fingerprint density at radius 1 is 0.963 bits per heavy atom. The van der Waals surface area contributed by atoms with Gasteiger partial charge in [-0.15, -0.1) is 0 Å². The first kappa shape index (κ1) is 16.8. The fraction of sp³-hybridized carbons (Fsp3) is 0.150. The van der Waals surface area contributed by atoms with E-state index in [9.17, 15) is 4.79 Å². The lowest BCUT2D eigenvalue weighted by molar-refractivity contribution is 0.0594. The van der Waals surface area contributed by atoms with Gasteiger partial charge in [0, 0.05) is 10.9 Å². The van der Waals surface area contributed by atoms with Gasteiger partial charge in [-0.1, -0.05) is 18.2 Å². The molecule has 0 saturated carbocycles. The highest BCUT2D eigenvalue weighted by Gasteiger charge is 2.23. The molecule has 0 fully saturated rings. The number of aromatic nitrogens is 3. The predicted octanol–water partition coefficient (Wildman–Crippen LogP) is 3.11. The second-order valence-electron chi connectivity index (χ2n) is 5.81. The Bertz CT molecular complexity index is 1150. The van der Waals surface area contributed by atoms with E-state index in [4.69, 9.17) is 19.3 Å². The zero-order chi connectivity index (χ0) is 19.0. The summed E-state index contributed by atoms with van der Waals surface area (Å²) >= 11 is 0. The van der Waals surface area contributed by atoms with Crippen molar-refractivity contribution in [2.45, 2.75) is 0 Å². The van der Waals surface area contributed by atoms with Crippen LogP contribution in [-0.4, -0.2) is 42.0 Å². The lowest BCUT2D eigenvalue weighted by Gasteiger charge is -2.09. The molecule has 0 aliphatic carbocycles. The molecule has 2 heterocycles. The number of benzene rings is 2. The van der Waals surface area contributed by atoms with E-state index in [1.807, 2.05) is 48.5 Å². The molecular formula is C20H17N3O4. The lowest BCUT2D eigenvalue weighted by Crippen LogP contribution is -2.13. The van der Waals surface area contributed by atoms with Crippen LogP contribution in [0.1, 0.15) is 10.5 Å². The molecule has 4 aromatic rings. The molecular weight excluding hydrogens is 346 g/mol. The topological polar surface area (TPSA) is 75.5 Å². The monoisotopic (exact) mass is 363 g/mol. The molecule has 7 heteroatoms. The van der Waals surface area contributed by atoms with Crippen LogP contribution in [0.4, 0.5) is 0 Å². The molecule has 4 rings (SSSR count). The summed E-state index contributed by atoms with van der Waals surface area (Å²) in [5.41, 5.74) is 2.79. The Morgan fingerprint density at radius 3 is 2.37 bits per heavy atom.